The average Bonchev–Trinajstić information content (AvgIpc) is 1.86. The molecule has 1 heterocycles. The summed E-state index contributed by atoms with van der Waals surface area (Å²) in [6.07, 6.45) is 0. The van der Waals surface area contributed by atoms with Gasteiger partial charge in [0.05, 0.1) is 0 Å². The number of rotatable bonds is 1. The van der Waals surface area contributed by atoms with Gasteiger partial charge in [-0.05, 0) is 6.92 Å². The Hall–Kier alpha value is 0.160. The van der Waals surface area contributed by atoms with Gasteiger partial charge in [0.2, 0.25) is 0 Å². The van der Waals surface area contributed by atoms with Crippen LogP contribution >= 0.6 is 10.7 Å². The fourth-order valence-corrected chi connectivity index (χ4v) is 2.18. The lowest BCUT2D eigenvalue weighted by Gasteiger charge is -2.28. The number of piperazine rings is 1. The highest BCUT2D eigenvalue weighted by Crippen LogP contribution is 2.08. The van der Waals surface area contributed by atoms with E-state index in [0.29, 0.717) is 19.6 Å². The molecule has 1 atom stereocenters. The summed E-state index contributed by atoms with van der Waals surface area (Å²) in [5.74, 6) is 0. The lowest BCUT2D eigenvalue weighted by molar-refractivity contribution is 0.315. The molecule has 0 amide bonds. The van der Waals surface area contributed by atoms with Gasteiger partial charge in [0.1, 0.15) is 0 Å². The maximum atomic E-state index is 10.8. The van der Waals surface area contributed by atoms with Gasteiger partial charge >= 0.3 is 0 Å². The Morgan fingerprint density at radius 1 is 1.64 bits per heavy atom. The topological polar surface area (TPSA) is 49.4 Å². The van der Waals surface area contributed by atoms with Gasteiger partial charge in [-0.1, -0.05) is 0 Å². The third-order valence-corrected chi connectivity index (χ3v) is 3.17. The summed E-state index contributed by atoms with van der Waals surface area (Å²) >= 11 is 0. The summed E-state index contributed by atoms with van der Waals surface area (Å²) in [4.78, 5) is 0. The van der Waals surface area contributed by atoms with Crippen molar-refractivity contribution in [2.75, 3.05) is 19.6 Å². The number of nitrogens with one attached hydrogen (secondary N) is 1. The molecule has 0 aromatic heterocycles. The number of hydrogen-bond acceptors (Lipinski definition) is 3. The van der Waals surface area contributed by atoms with E-state index >= 15 is 0 Å². The summed E-state index contributed by atoms with van der Waals surface area (Å²) in [6, 6.07) is 0.192. The Kier molecular flexibility index (Phi) is 2.74. The molecule has 1 aliphatic heterocycles. The molecular formula is C5H11ClN2O2S. The van der Waals surface area contributed by atoms with Gasteiger partial charge < -0.3 is 5.32 Å². The molecule has 0 unspecified atom stereocenters. The second-order valence-electron chi connectivity index (χ2n) is 2.66. The molecule has 1 N–H and O–H groups in total. The predicted molar refractivity (Wildman–Crippen MR) is 43.8 cm³/mol. The lowest BCUT2D eigenvalue weighted by atomic mass is 10.3. The molecule has 1 fully saturated rings. The van der Waals surface area contributed by atoms with Crippen LogP contribution in [0, 0.1) is 0 Å². The van der Waals surface area contributed by atoms with Crippen LogP contribution in [0.4, 0.5) is 0 Å². The fraction of sp³-hybridized carbons (Fsp3) is 1.00. The SMILES string of the molecule is C[C@H]1CN(S(=O)(=O)Cl)CCN1. The maximum Gasteiger partial charge on any atom is 0.299 e. The Morgan fingerprint density at radius 3 is 2.64 bits per heavy atom. The van der Waals surface area contributed by atoms with Crippen molar-refractivity contribution in [3.8, 4) is 0 Å². The first-order chi connectivity index (χ1) is 5.00. The number of halogens is 1. The number of nitrogens with zero attached hydrogens (tertiary/aromatic N) is 1. The highest BCUT2D eigenvalue weighted by Gasteiger charge is 2.24. The Morgan fingerprint density at radius 2 is 2.27 bits per heavy atom. The van der Waals surface area contributed by atoms with Gasteiger partial charge in [0.25, 0.3) is 9.24 Å². The third kappa shape index (κ3) is 2.59. The van der Waals surface area contributed by atoms with Gasteiger partial charge in [-0.15, -0.1) is 0 Å². The van der Waals surface area contributed by atoms with Crippen molar-refractivity contribution >= 4 is 19.9 Å². The van der Waals surface area contributed by atoms with Crippen LogP contribution in [0.3, 0.4) is 0 Å². The smallest absolute Gasteiger partial charge is 0.299 e. The quantitative estimate of drug-likeness (QED) is 0.592. The molecule has 0 aliphatic carbocycles. The summed E-state index contributed by atoms with van der Waals surface area (Å²) < 4.78 is 22.9. The zero-order valence-corrected chi connectivity index (χ0v) is 7.82. The van der Waals surface area contributed by atoms with Crippen molar-refractivity contribution < 1.29 is 8.42 Å². The van der Waals surface area contributed by atoms with Crippen molar-refractivity contribution in [3.63, 3.8) is 0 Å². The summed E-state index contributed by atoms with van der Waals surface area (Å²) in [5.41, 5.74) is 0. The molecule has 4 nitrogen and oxygen atoms in total. The monoisotopic (exact) mass is 198 g/mol. The summed E-state index contributed by atoms with van der Waals surface area (Å²) in [6.45, 7) is 3.53. The van der Waals surface area contributed by atoms with Crippen LogP contribution in [0.2, 0.25) is 0 Å². The predicted octanol–water partition coefficient (Wildman–Crippen LogP) is -0.236. The van der Waals surface area contributed by atoms with E-state index in [-0.39, 0.29) is 6.04 Å². The zero-order valence-electron chi connectivity index (χ0n) is 6.25. The molecule has 0 bridgehead atoms. The van der Waals surface area contributed by atoms with Gasteiger partial charge in [-0.3, -0.25) is 0 Å². The van der Waals surface area contributed by atoms with Crippen LogP contribution in [0.1, 0.15) is 6.92 Å². The van der Waals surface area contributed by atoms with Crippen molar-refractivity contribution in [2.24, 2.45) is 0 Å². The average molecular weight is 199 g/mol. The second-order valence-corrected chi connectivity index (χ2v) is 5.17. The molecule has 1 aliphatic rings. The largest absolute Gasteiger partial charge is 0.312 e. The molecule has 0 aromatic rings. The molecule has 6 heteroatoms. The first-order valence-electron chi connectivity index (χ1n) is 3.43. The van der Waals surface area contributed by atoms with E-state index in [4.69, 9.17) is 10.7 Å². The standard InChI is InChI=1S/C5H11ClN2O2S/c1-5-4-8(3-2-7-5)11(6,9)10/h5,7H,2-4H2,1H3/t5-/m0/s1. The van der Waals surface area contributed by atoms with E-state index in [0.717, 1.165) is 0 Å². The highest BCUT2D eigenvalue weighted by molar-refractivity contribution is 8.11. The first kappa shape index (κ1) is 9.25. The van der Waals surface area contributed by atoms with Gasteiger partial charge in [-0.25, -0.2) is 0 Å². The lowest BCUT2D eigenvalue weighted by Crippen LogP contribution is -2.50. The zero-order chi connectivity index (χ0) is 8.48. The highest BCUT2D eigenvalue weighted by atomic mass is 35.7. The minimum atomic E-state index is -3.49. The Bertz CT molecular complexity index is 229. The van der Waals surface area contributed by atoms with Crippen LogP contribution in [0.5, 0.6) is 0 Å². The molecule has 0 saturated carbocycles. The van der Waals surface area contributed by atoms with Gasteiger partial charge in [0, 0.05) is 36.4 Å². The normalized spacial score (nSPS) is 28.7. The van der Waals surface area contributed by atoms with E-state index in [1.165, 1.54) is 4.31 Å². The van der Waals surface area contributed by atoms with Crippen molar-refractivity contribution in [3.05, 3.63) is 0 Å². The van der Waals surface area contributed by atoms with Crippen LogP contribution in [0.25, 0.3) is 0 Å². The summed E-state index contributed by atoms with van der Waals surface area (Å²) in [7, 11) is 1.65. The van der Waals surface area contributed by atoms with E-state index < -0.39 is 9.24 Å². The van der Waals surface area contributed by atoms with E-state index in [2.05, 4.69) is 5.32 Å². The second kappa shape index (κ2) is 3.26. The molecule has 1 rings (SSSR count). The van der Waals surface area contributed by atoms with Crippen molar-refractivity contribution in [1.82, 2.24) is 9.62 Å². The molecule has 0 radical (unpaired) electrons. The summed E-state index contributed by atoms with van der Waals surface area (Å²) in [5, 5.41) is 3.12. The van der Waals surface area contributed by atoms with Crippen LogP contribution < -0.4 is 5.32 Å². The number of hydrogen-bond donors (Lipinski definition) is 1. The maximum absolute atomic E-state index is 10.8. The minimum Gasteiger partial charge on any atom is -0.312 e. The fourth-order valence-electron chi connectivity index (χ4n) is 1.10. The molecule has 11 heavy (non-hydrogen) atoms. The first-order valence-corrected chi connectivity index (χ1v) is 5.70. The van der Waals surface area contributed by atoms with Crippen LogP contribution in [0.15, 0.2) is 0 Å². The molecule has 0 spiro atoms. The minimum absolute atomic E-state index is 0.192. The molecular weight excluding hydrogens is 188 g/mol. The molecule has 0 aromatic carbocycles. The van der Waals surface area contributed by atoms with Crippen molar-refractivity contribution in [1.29, 1.82) is 0 Å². The molecule has 1 saturated heterocycles. The van der Waals surface area contributed by atoms with E-state index in [9.17, 15) is 8.42 Å². The van der Waals surface area contributed by atoms with Gasteiger partial charge in [-0.2, -0.15) is 12.7 Å². The van der Waals surface area contributed by atoms with Crippen LogP contribution in [-0.4, -0.2) is 38.4 Å². The third-order valence-electron chi connectivity index (χ3n) is 1.64. The van der Waals surface area contributed by atoms with Crippen LogP contribution in [-0.2, 0) is 9.24 Å². The molecule has 66 valence electrons. The van der Waals surface area contributed by atoms with Crippen molar-refractivity contribution in [2.45, 2.75) is 13.0 Å². The van der Waals surface area contributed by atoms with E-state index in [1.807, 2.05) is 6.92 Å². The van der Waals surface area contributed by atoms with Gasteiger partial charge in [0.15, 0.2) is 0 Å². The van der Waals surface area contributed by atoms with E-state index in [1.54, 1.807) is 0 Å². The Labute approximate surface area is 71.1 Å². The Balaban J connectivity index is 2.60.